The lowest BCUT2D eigenvalue weighted by atomic mass is 10.1. The maximum Gasteiger partial charge on any atom is 0.195 e. The molecule has 0 aliphatic heterocycles. The van der Waals surface area contributed by atoms with Crippen LogP contribution in [0.3, 0.4) is 0 Å². The smallest absolute Gasteiger partial charge is 0.195 e. The fourth-order valence-corrected chi connectivity index (χ4v) is 2.38. The minimum Gasteiger partial charge on any atom is -0.493 e. The van der Waals surface area contributed by atoms with Crippen molar-refractivity contribution in [1.82, 2.24) is 0 Å². The first kappa shape index (κ1) is 14.3. The first-order chi connectivity index (χ1) is 9.74. The van der Waals surface area contributed by atoms with Gasteiger partial charge in [-0.15, -0.1) is 11.3 Å². The number of carbonyl (C=O) groups is 1. The molecule has 0 bridgehead atoms. The molecule has 3 nitrogen and oxygen atoms in total. The Morgan fingerprint density at radius 3 is 2.80 bits per heavy atom. The fourth-order valence-electron chi connectivity index (χ4n) is 1.74. The number of hydrogen-bond acceptors (Lipinski definition) is 4. The normalized spacial score (nSPS) is 10.7. The van der Waals surface area contributed by atoms with Crippen molar-refractivity contribution in [2.24, 2.45) is 0 Å². The third-order valence-corrected chi connectivity index (χ3v) is 3.56. The molecule has 1 heterocycles. The minimum absolute atomic E-state index is 0.00813. The van der Waals surface area contributed by atoms with Gasteiger partial charge in [0.25, 0.3) is 0 Å². The zero-order chi connectivity index (χ0) is 14.4. The summed E-state index contributed by atoms with van der Waals surface area (Å²) in [5.41, 5.74) is 0.902. The van der Waals surface area contributed by atoms with Crippen molar-refractivity contribution >= 4 is 23.2 Å². The van der Waals surface area contributed by atoms with Gasteiger partial charge in [0.2, 0.25) is 0 Å². The highest BCUT2D eigenvalue weighted by molar-refractivity contribution is 7.12. The second-order valence-electron chi connectivity index (χ2n) is 4.02. The first-order valence-electron chi connectivity index (χ1n) is 6.31. The van der Waals surface area contributed by atoms with E-state index in [1.54, 1.807) is 19.3 Å². The Kier molecular flexibility index (Phi) is 4.96. The zero-order valence-electron chi connectivity index (χ0n) is 11.5. The number of ether oxygens (including phenoxy) is 2. The topological polar surface area (TPSA) is 35.5 Å². The highest BCUT2D eigenvalue weighted by Crippen LogP contribution is 2.28. The van der Waals surface area contributed by atoms with Crippen LogP contribution in [-0.4, -0.2) is 19.5 Å². The van der Waals surface area contributed by atoms with Crippen LogP contribution in [0.5, 0.6) is 11.5 Å². The summed E-state index contributed by atoms with van der Waals surface area (Å²) in [4.78, 5) is 12.6. The van der Waals surface area contributed by atoms with E-state index in [1.165, 1.54) is 11.3 Å². The SMILES string of the molecule is CCOc1cc(/C=C/C(=O)c2cccs2)ccc1OC. The summed E-state index contributed by atoms with van der Waals surface area (Å²) in [5, 5.41) is 1.89. The molecule has 0 N–H and O–H groups in total. The van der Waals surface area contributed by atoms with E-state index in [0.717, 1.165) is 10.4 Å². The van der Waals surface area contributed by atoms with E-state index >= 15 is 0 Å². The summed E-state index contributed by atoms with van der Waals surface area (Å²) < 4.78 is 10.7. The average molecular weight is 288 g/mol. The van der Waals surface area contributed by atoms with E-state index in [9.17, 15) is 4.79 Å². The molecule has 0 amide bonds. The van der Waals surface area contributed by atoms with E-state index in [2.05, 4.69) is 0 Å². The minimum atomic E-state index is 0.00813. The number of allylic oxidation sites excluding steroid dienone is 1. The van der Waals surface area contributed by atoms with Crippen molar-refractivity contribution in [2.75, 3.05) is 13.7 Å². The van der Waals surface area contributed by atoms with Crippen LogP contribution in [0.2, 0.25) is 0 Å². The molecule has 0 aliphatic rings. The van der Waals surface area contributed by atoms with E-state index in [4.69, 9.17) is 9.47 Å². The van der Waals surface area contributed by atoms with Crippen LogP contribution in [0.1, 0.15) is 22.2 Å². The first-order valence-corrected chi connectivity index (χ1v) is 7.19. The molecule has 2 aromatic rings. The molecule has 1 aromatic carbocycles. The molecule has 0 atom stereocenters. The maximum atomic E-state index is 11.9. The van der Waals surface area contributed by atoms with Gasteiger partial charge in [-0.05, 0) is 42.1 Å². The standard InChI is InChI=1S/C16H16O3S/c1-3-19-15-11-12(7-9-14(15)18-2)6-8-13(17)16-5-4-10-20-16/h4-11H,3H2,1-2H3/b8-6+. The molecule has 104 valence electrons. The molecule has 2 rings (SSSR count). The van der Waals surface area contributed by atoms with Crippen LogP contribution in [0.25, 0.3) is 6.08 Å². The number of methoxy groups -OCH3 is 1. The Morgan fingerprint density at radius 1 is 1.30 bits per heavy atom. The van der Waals surface area contributed by atoms with E-state index < -0.39 is 0 Å². The highest BCUT2D eigenvalue weighted by Gasteiger charge is 2.05. The summed E-state index contributed by atoms with van der Waals surface area (Å²) in [7, 11) is 1.60. The Balaban J connectivity index is 2.17. The van der Waals surface area contributed by atoms with Gasteiger partial charge in [-0.1, -0.05) is 18.2 Å². The second kappa shape index (κ2) is 6.91. The van der Waals surface area contributed by atoms with Crippen molar-refractivity contribution in [3.63, 3.8) is 0 Å². The Bertz CT molecular complexity index is 600. The Morgan fingerprint density at radius 2 is 2.15 bits per heavy atom. The lowest BCUT2D eigenvalue weighted by molar-refractivity contribution is 0.105. The van der Waals surface area contributed by atoms with Crippen molar-refractivity contribution in [2.45, 2.75) is 6.92 Å². The summed E-state index contributed by atoms with van der Waals surface area (Å²) in [6.45, 7) is 2.49. The molecule has 0 saturated carbocycles. The fraction of sp³-hybridized carbons (Fsp3) is 0.188. The maximum absolute atomic E-state index is 11.9. The van der Waals surface area contributed by atoms with Crippen LogP contribution in [0.4, 0.5) is 0 Å². The molecule has 0 aliphatic carbocycles. The second-order valence-corrected chi connectivity index (χ2v) is 4.97. The zero-order valence-corrected chi connectivity index (χ0v) is 12.3. The van der Waals surface area contributed by atoms with Gasteiger partial charge in [0.1, 0.15) is 0 Å². The number of hydrogen-bond donors (Lipinski definition) is 0. The van der Waals surface area contributed by atoms with Crippen LogP contribution >= 0.6 is 11.3 Å². The quantitative estimate of drug-likeness (QED) is 0.594. The van der Waals surface area contributed by atoms with Crippen LogP contribution in [0.15, 0.2) is 41.8 Å². The lowest BCUT2D eigenvalue weighted by Crippen LogP contribution is -1.95. The molecule has 0 radical (unpaired) electrons. The lowest BCUT2D eigenvalue weighted by Gasteiger charge is -2.09. The van der Waals surface area contributed by atoms with Gasteiger partial charge in [-0.2, -0.15) is 0 Å². The monoisotopic (exact) mass is 288 g/mol. The van der Waals surface area contributed by atoms with Crippen molar-refractivity contribution in [3.8, 4) is 11.5 Å². The number of benzene rings is 1. The number of ketones is 1. The molecule has 20 heavy (non-hydrogen) atoms. The van der Waals surface area contributed by atoms with Gasteiger partial charge in [0.15, 0.2) is 17.3 Å². The summed E-state index contributed by atoms with van der Waals surface area (Å²) in [5.74, 6) is 1.38. The Hall–Kier alpha value is -2.07. The summed E-state index contributed by atoms with van der Waals surface area (Å²) >= 11 is 1.44. The van der Waals surface area contributed by atoms with Gasteiger partial charge in [0.05, 0.1) is 18.6 Å². The van der Waals surface area contributed by atoms with Crippen molar-refractivity contribution in [1.29, 1.82) is 0 Å². The van der Waals surface area contributed by atoms with E-state index in [0.29, 0.717) is 18.1 Å². The van der Waals surface area contributed by atoms with E-state index in [1.807, 2.05) is 42.6 Å². The highest BCUT2D eigenvalue weighted by atomic mass is 32.1. The van der Waals surface area contributed by atoms with Crippen LogP contribution in [-0.2, 0) is 0 Å². The largest absolute Gasteiger partial charge is 0.493 e. The molecule has 0 saturated heterocycles. The summed E-state index contributed by atoms with van der Waals surface area (Å²) in [6, 6.07) is 9.27. The molecular weight excluding hydrogens is 272 g/mol. The summed E-state index contributed by atoms with van der Waals surface area (Å²) in [6.07, 6.45) is 3.35. The third-order valence-electron chi connectivity index (χ3n) is 2.68. The molecular formula is C16H16O3S. The van der Waals surface area contributed by atoms with Crippen LogP contribution < -0.4 is 9.47 Å². The van der Waals surface area contributed by atoms with Gasteiger partial charge in [0, 0.05) is 0 Å². The molecule has 4 heteroatoms. The number of thiophene rings is 1. The van der Waals surface area contributed by atoms with Gasteiger partial charge in [-0.25, -0.2) is 0 Å². The van der Waals surface area contributed by atoms with Gasteiger partial charge < -0.3 is 9.47 Å². The molecule has 0 spiro atoms. The molecule has 0 unspecified atom stereocenters. The Labute approximate surface area is 122 Å². The van der Waals surface area contributed by atoms with E-state index in [-0.39, 0.29) is 5.78 Å². The predicted molar refractivity (Wildman–Crippen MR) is 81.8 cm³/mol. The number of rotatable bonds is 6. The average Bonchev–Trinajstić information content (AvgIpc) is 2.99. The van der Waals surface area contributed by atoms with Gasteiger partial charge in [-0.3, -0.25) is 4.79 Å². The third kappa shape index (κ3) is 3.48. The molecule has 0 fully saturated rings. The molecule has 1 aromatic heterocycles. The van der Waals surface area contributed by atoms with Crippen molar-refractivity contribution in [3.05, 3.63) is 52.2 Å². The predicted octanol–water partition coefficient (Wildman–Crippen LogP) is 4.05. The van der Waals surface area contributed by atoms with Crippen molar-refractivity contribution < 1.29 is 14.3 Å². The van der Waals surface area contributed by atoms with Gasteiger partial charge >= 0.3 is 0 Å². The number of carbonyl (C=O) groups excluding carboxylic acids is 1. The van der Waals surface area contributed by atoms with Crippen LogP contribution in [0, 0.1) is 0 Å².